The number of nitrogens with one attached hydrogen (secondary N) is 1. The van der Waals surface area contributed by atoms with Gasteiger partial charge in [0.2, 0.25) is 10.0 Å². The smallest absolute Gasteiger partial charge is 0.321 e. The third kappa shape index (κ3) is 3.42. The molecule has 1 rings (SSSR count). The normalized spacial score (nSPS) is 13.4. The number of hydrogen-bond donors (Lipinski definition) is 2. The van der Waals surface area contributed by atoms with Crippen molar-refractivity contribution in [3.8, 4) is 0 Å². The Morgan fingerprint density at radius 2 is 2.06 bits per heavy atom. The first-order valence-corrected chi connectivity index (χ1v) is 6.61. The highest BCUT2D eigenvalue weighted by Gasteiger charge is 2.23. The number of hydrogen-bond acceptors (Lipinski definition) is 3. The van der Waals surface area contributed by atoms with Crippen LogP contribution in [0.15, 0.2) is 23.1 Å². The Morgan fingerprint density at radius 3 is 2.59 bits per heavy atom. The van der Waals surface area contributed by atoms with Gasteiger partial charge in [-0.15, -0.1) is 0 Å². The standard InChI is InChI=1S/C10H12ClNO4S/c1-6-3-4-8(11)5-9(6)17(15,16)12-7(2)10(13)14/h3-5,7,12H,1-2H3,(H,13,14). The van der Waals surface area contributed by atoms with Gasteiger partial charge in [0.15, 0.2) is 0 Å². The second-order valence-electron chi connectivity index (χ2n) is 3.59. The van der Waals surface area contributed by atoms with Crippen LogP contribution in [-0.2, 0) is 14.8 Å². The van der Waals surface area contributed by atoms with E-state index in [-0.39, 0.29) is 9.92 Å². The number of carboxylic acids is 1. The van der Waals surface area contributed by atoms with E-state index in [0.717, 1.165) is 0 Å². The Hall–Kier alpha value is -1.11. The van der Waals surface area contributed by atoms with E-state index in [9.17, 15) is 13.2 Å². The topological polar surface area (TPSA) is 83.5 Å². The lowest BCUT2D eigenvalue weighted by atomic mass is 10.2. The summed E-state index contributed by atoms with van der Waals surface area (Å²) in [4.78, 5) is 10.6. The van der Waals surface area contributed by atoms with Crippen LogP contribution >= 0.6 is 11.6 Å². The zero-order valence-electron chi connectivity index (χ0n) is 9.27. The summed E-state index contributed by atoms with van der Waals surface area (Å²) in [5.74, 6) is -1.24. The molecule has 0 saturated carbocycles. The van der Waals surface area contributed by atoms with Gasteiger partial charge in [-0.2, -0.15) is 4.72 Å². The second kappa shape index (κ2) is 5.03. The maximum Gasteiger partial charge on any atom is 0.321 e. The van der Waals surface area contributed by atoms with Crippen molar-refractivity contribution in [1.82, 2.24) is 4.72 Å². The molecule has 17 heavy (non-hydrogen) atoms. The zero-order valence-corrected chi connectivity index (χ0v) is 10.8. The molecular weight excluding hydrogens is 266 g/mol. The van der Waals surface area contributed by atoms with Crippen LogP contribution in [0.4, 0.5) is 0 Å². The summed E-state index contributed by atoms with van der Waals surface area (Å²) >= 11 is 5.71. The van der Waals surface area contributed by atoms with Crippen LogP contribution in [0, 0.1) is 6.92 Å². The van der Waals surface area contributed by atoms with E-state index in [1.807, 2.05) is 0 Å². The molecule has 0 radical (unpaired) electrons. The summed E-state index contributed by atoms with van der Waals surface area (Å²) in [5, 5.41) is 8.94. The fourth-order valence-corrected chi connectivity index (χ4v) is 2.91. The fourth-order valence-electron chi connectivity index (χ4n) is 1.21. The van der Waals surface area contributed by atoms with Crippen LogP contribution in [0.2, 0.25) is 5.02 Å². The van der Waals surface area contributed by atoms with Crippen molar-refractivity contribution < 1.29 is 18.3 Å². The third-order valence-electron chi connectivity index (χ3n) is 2.14. The number of carbonyl (C=O) groups is 1. The van der Waals surface area contributed by atoms with E-state index in [4.69, 9.17) is 16.7 Å². The number of aryl methyl sites for hydroxylation is 1. The van der Waals surface area contributed by atoms with E-state index in [0.29, 0.717) is 5.56 Å². The molecule has 0 aromatic heterocycles. The lowest BCUT2D eigenvalue weighted by Gasteiger charge is -2.12. The molecule has 0 aliphatic rings. The van der Waals surface area contributed by atoms with Crippen molar-refractivity contribution in [3.05, 3.63) is 28.8 Å². The molecular formula is C10H12ClNO4S. The lowest BCUT2D eigenvalue weighted by Crippen LogP contribution is -2.38. The minimum absolute atomic E-state index is 0.0156. The van der Waals surface area contributed by atoms with Crippen LogP contribution in [-0.4, -0.2) is 25.5 Å². The summed E-state index contributed by atoms with van der Waals surface area (Å²) in [6, 6.07) is 3.21. The van der Waals surface area contributed by atoms with Gasteiger partial charge in [-0.1, -0.05) is 17.7 Å². The number of carboxylic acid groups (broad SMARTS) is 1. The predicted octanol–water partition coefficient (Wildman–Crippen LogP) is 1.40. The molecule has 1 unspecified atom stereocenters. The molecule has 1 aromatic carbocycles. The third-order valence-corrected chi connectivity index (χ3v) is 4.06. The summed E-state index contributed by atoms with van der Waals surface area (Å²) in [7, 11) is -3.87. The van der Waals surface area contributed by atoms with Crippen molar-refractivity contribution in [2.24, 2.45) is 0 Å². The number of halogens is 1. The minimum Gasteiger partial charge on any atom is -0.480 e. The average Bonchev–Trinajstić information content (AvgIpc) is 2.20. The van der Waals surface area contributed by atoms with E-state index in [1.165, 1.54) is 13.0 Å². The molecule has 0 amide bonds. The van der Waals surface area contributed by atoms with Crippen molar-refractivity contribution in [2.75, 3.05) is 0 Å². The van der Waals surface area contributed by atoms with Crippen LogP contribution in [0.5, 0.6) is 0 Å². The Kier molecular flexibility index (Phi) is 4.13. The molecule has 2 N–H and O–H groups in total. The number of aliphatic carboxylic acids is 1. The van der Waals surface area contributed by atoms with E-state index < -0.39 is 22.0 Å². The van der Waals surface area contributed by atoms with Crippen molar-refractivity contribution in [1.29, 1.82) is 0 Å². The molecule has 0 heterocycles. The maximum absolute atomic E-state index is 11.9. The molecule has 7 heteroatoms. The quantitative estimate of drug-likeness (QED) is 0.871. The van der Waals surface area contributed by atoms with Gasteiger partial charge in [0.1, 0.15) is 6.04 Å². The Bertz CT molecular complexity index is 541. The first kappa shape index (κ1) is 14.0. The SMILES string of the molecule is Cc1ccc(Cl)cc1S(=O)(=O)NC(C)C(=O)O. The molecule has 0 spiro atoms. The van der Waals surface area contributed by atoms with Crippen LogP contribution in [0.1, 0.15) is 12.5 Å². The number of benzene rings is 1. The Labute approximate surface area is 104 Å². The van der Waals surface area contributed by atoms with Crippen molar-refractivity contribution >= 4 is 27.6 Å². The van der Waals surface area contributed by atoms with E-state index in [1.54, 1.807) is 19.1 Å². The lowest BCUT2D eigenvalue weighted by molar-refractivity contribution is -0.138. The molecule has 5 nitrogen and oxygen atoms in total. The summed E-state index contributed by atoms with van der Waals surface area (Å²) < 4.78 is 25.8. The number of sulfonamides is 1. The molecule has 0 saturated heterocycles. The van der Waals surface area contributed by atoms with Crippen LogP contribution in [0.25, 0.3) is 0 Å². The van der Waals surface area contributed by atoms with Gasteiger partial charge >= 0.3 is 5.97 Å². The first-order chi connectivity index (χ1) is 7.74. The van der Waals surface area contributed by atoms with Gasteiger partial charge in [0, 0.05) is 5.02 Å². The molecule has 0 fully saturated rings. The maximum atomic E-state index is 11.9. The highest BCUT2D eigenvalue weighted by Crippen LogP contribution is 2.20. The van der Waals surface area contributed by atoms with Gasteiger partial charge < -0.3 is 5.11 Å². The molecule has 1 aromatic rings. The molecule has 94 valence electrons. The molecule has 0 aliphatic heterocycles. The van der Waals surface area contributed by atoms with Gasteiger partial charge in [0.25, 0.3) is 0 Å². The minimum atomic E-state index is -3.87. The molecule has 1 atom stereocenters. The highest BCUT2D eigenvalue weighted by molar-refractivity contribution is 7.89. The van der Waals surface area contributed by atoms with E-state index >= 15 is 0 Å². The van der Waals surface area contributed by atoms with Crippen molar-refractivity contribution in [3.63, 3.8) is 0 Å². The molecule has 0 aliphatic carbocycles. The second-order valence-corrected chi connectivity index (χ2v) is 5.71. The predicted molar refractivity (Wildman–Crippen MR) is 63.6 cm³/mol. The average molecular weight is 278 g/mol. The monoisotopic (exact) mass is 277 g/mol. The van der Waals surface area contributed by atoms with E-state index in [2.05, 4.69) is 4.72 Å². The highest BCUT2D eigenvalue weighted by atomic mass is 35.5. The van der Waals surface area contributed by atoms with Gasteiger partial charge in [-0.3, -0.25) is 4.79 Å². The van der Waals surface area contributed by atoms with Crippen molar-refractivity contribution in [2.45, 2.75) is 24.8 Å². The van der Waals surface area contributed by atoms with Crippen LogP contribution < -0.4 is 4.72 Å². The molecule has 0 bridgehead atoms. The largest absolute Gasteiger partial charge is 0.480 e. The first-order valence-electron chi connectivity index (χ1n) is 4.75. The zero-order chi connectivity index (χ0) is 13.2. The Balaban J connectivity index is 3.13. The summed E-state index contributed by atoms with van der Waals surface area (Å²) in [6.45, 7) is 2.86. The van der Waals surface area contributed by atoms with Gasteiger partial charge in [-0.05, 0) is 31.5 Å². The van der Waals surface area contributed by atoms with Gasteiger partial charge in [-0.25, -0.2) is 8.42 Å². The Morgan fingerprint density at radius 1 is 1.47 bits per heavy atom. The number of rotatable bonds is 4. The fraction of sp³-hybridized carbons (Fsp3) is 0.300. The summed E-state index contributed by atoms with van der Waals surface area (Å²) in [5.41, 5.74) is 0.500. The summed E-state index contributed by atoms with van der Waals surface area (Å²) in [6.07, 6.45) is 0. The van der Waals surface area contributed by atoms with Gasteiger partial charge in [0.05, 0.1) is 4.90 Å². The van der Waals surface area contributed by atoms with Crippen LogP contribution in [0.3, 0.4) is 0 Å².